The van der Waals surface area contributed by atoms with Gasteiger partial charge in [0.25, 0.3) is 5.91 Å². The molecule has 0 unspecified atom stereocenters. The van der Waals surface area contributed by atoms with E-state index in [0.29, 0.717) is 17.9 Å². The van der Waals surface area contributed by atoms with Crippen LogP contribution in [0.5, 0.6) is 5.75 Å². The number of hydrogen-bond donors (Lipinski definition) is 1. The Morgan fingerprint density at radius 3 is 1.73 bits per heavy atom. The number of carbonyl (C=O) groups is 2. The quantitative estimate of drug-likeness (QED) is 0.690. The van der Waals surface area contributed by atoms with Gasteiger partial charge in [-0.25, -0.2) is 4.79 Å². The van der Waals surface area contributed by atoms with Crippen molar-refractivity contribution in [1.29, 1.82) is 0 Å². The maximum Gasteiger partial charge on any atom is 0.335 e. The molecule has 0 aliphatic carbocycles. The van der Waals surface area contributed by atoms with Crippen LogP contribution in [0.4, 0.5) is 5.69 Å². The molecule has 0 spiro atoms. The molecule has 5 nitrogen and oxygen atoms in total. The normalized spacial score (nSPS) is 11.9. The Labute approximate surface area is 179 Å². The highest BCUT2D eigenvalue weighted by molar-refractivity contribution is 6.06. The summed E-state index contributed by atoms with van der Waals surface area (Å²) in [7, 11) is 1.70. The third-order valence-electron chi connectivity index (χ3n) is 5.05. The number of aromatic carboxylic acids is 1. The van der Waals surface area contributed by atoms with Gasteiger partial charge in [0.15, 0.2) is 0 Å². The average Bonchev–Trinajstić information content (AvgIpc) is 2.65. The van der Waals surface area contributed by atoms with Crippen molar-refractivity contribution in [3.05, 3.63) is 58.7 Å². The fourth-order valence-electron chi connectivity index (χ4n) is 3.30. The van der Waals surface area contributed by atoms with Gasteiger partial charge in [-0.05, 0) is 54.2 Å². The third-order valence-corrected chi connectivity index (χ3v) is 5.05. The minimum absolute atomic E-state index is 0.155. The van der Waals surface area contributed by atoms with Gasteiger partial charge in [-0.3, -0.25) is 4.79 Å². The molecule has 0 radical (unpaired) electrons. The Bertz CT molecular complexity index is 896. The van der Waals surface area contributed by atoms with Crippen molar-refractivity contribution in [2.45, 2.75) is 59.3 Å². The highest BCUT2D eigenvalue weighted by Gasteiger charge is 2.29. The lowest BCUT2D eigenvalue weighted by atomic mass is 9.78. The Balaban J connectivity index is 2.59. The molecule has 30 heavy (non-hydrogen) atoms. The zero-order valence-electron chi connectivity index (χ0n) is 19.3. The van der Waals surface area contributed by atoms with E-state index in [-0.39, 0.29) is 22.3 Å². The number of benzene rings is 2. The van der Waals surface area contributed by atoms with Gasteiger partial charge in [0.1, 0.15) is 5.75 Å². The molecular formula is C25H33NO4. The summed E-state index contributed by atoms with van der Waals surface area (Å²) in [6.45, 7) is 15.2. The number of rotatable bonds is 5. The van der Waals surface area contributed by atoms with E-state index < -0.39 is 5.97 Å². The summed E-state index contributed by atoms with van der Waals surface area (Å²) in [5.41, 5.74) is 2.98. The SMILES string of the molecule is CCOc1c(C(C)(C)C)cc(C(=O)N(C)c2ccc(C(=O)O)cc2)cc1C(C)(C)C. The fourth-order valence-corrected chi connectivity index (χ4v) is 3.30. The maximum atomic E-state index is 13.4. The van der Waals surface area contributed by atoms with Crippen LogP contribution in [0.2, 0.25) is 0 Å². The Hall–Kier alpha value is -2.82. The zero-order valence-corrected chi connectivity index (χ0v) is 19.3. The lowest BCUT2D eigenvalue weighted by Gasteiger charge is -2.31. The predicted molar refractivity (Wildman–Crippen MR) is 121 cm³/mol. The van der Waals surface area contributed by atoms with Crippen molar-refractivity contribution < 1.29 is 19.4 Å². The second kappa shape index (κ2) is 8.50. The number of carbonyl (C=O) groups excluding carboxylic acids is 1. The van der Waals surface area contributed by atoms with Crippen LogP contribution < -0.4 is 9.64 Å². The first-order valence-corrected chi connectivity index (χ1v) is 10.2. The summed E-state index contributed by atoms with van der Waals surface area (Å²) in [4.78, 5) is 26.0. The van der Waals surface area contributed by atoms with Crippen molar-refractivity contribution >= 4 is 17.6 Å². The molecule has 0 saturated heterocycles. The van der Waals surface area contributed by atoms with E-state index in [0.717, 1.165) is 16.9 Å². The van der Waals surface area contributed by atoms with Crippen molar-refractivity contribution in [2.24, 2.45) is 0 Å². The van der Waals surface area contributed by atoms with Crippen LogP contribution in [0, 0.1) is 0 Å². The summed E-state index contributed by atoms with van der Waals surface area (Å²) >= 11 is 0. The molecular weight excluding hydrogens is 378 g/mol. The number of ether oxygens (including phenoxy) is 1. The molecule has 0 aromatic heterocycles. The second-order valence-electron chi connectivity index (χ2n) is 9.55. The Kier molecular flexibility index (Phi) is 6.65. The molecule has 2 rings (SSSR count). The lowest BCUT2D eigenvalue weighted by Crippen LogP contribution is -2.28. The van der Waals surface area contributed by atoms with Crippen molar-refractivity contribution in [3.63, 3.8) is 0 Å². The Morgan fingerprint density at radius 1 is 0.900 bits per heavy atom. The first-order chi connectivity index (χ1) is 13.8. The zero-order chi connectivity index (χ0) is 22.9. The van der Waals surface area contributed by atoms with Gasteiger partial charge in [-0.15, -0.1) is 0 Å². The van der Waals surface area contributed by atoms with Crippen molar-refractivity contribution in [2.75, 3.05) is 18.6 Å². The summed E-state index contributed by atoms with van der Waals surface area (Å²) in [5, 5.41) is 9.09. The van der Waals surface area contributed by atoms with Crippen LogP contribution >= 0.6 is 0 Å². The van der Waals surface area contributed by atoms with Crippen molar-refractivity contribution in [3.8, 4) is 5.75 Å². The topological polar surface area (TPSA) is 66.8 Å². The van der Waals surface area contributed by atoms with E-state index in [1.807, 2.05) is 19.1 Å². The molecule has 162 valence electrons. The summed E-state index contributed by atoms with van der Waals surface area (Å²) < 4.78 is 6.06. The number of hydrogen-bond acceptors (Lipinski definition) is 3. The van der Waals surface area contributed by atoms with E-state index in [9.17, 15) is 9.59 Å². The maximum absolute atomic E-state index is 13.4. The fraction of sp³-hybridized carbons (Fsp3) is 0.440. The minimum Gasteiger partial charge on any atom is -0.493 e. The molecule has 0 bridgehead atoms. The molecule has 0 atom stereocenters. The van der Waals surface area contributed by atoms with E-state index in [2.05, 4.69) is 41.5 Å². The number of nitrogens with zero attached hydrogens (tertiary/aromatic N) is 1. The highest BCUT2D eigenvalue weighted by atomic mass is 16.5. The average molecular weight is 412 g/mol. The lowest BCUT2D eigenvalue weighted by molar-refractivity contribution is 0.0696. The highest BCUT2D eigenvalue weighted by Crippen LogP contribution is 2.41. The number of carboxylic acid groups (broad SMARTS) is 1. The van der Waals surface area contributed by atoms with Crippen LogP contribution in [0.1, 0.15) is 80.3 Å². The molecule has 0 heterocycles. The van der Waals surface area contributed by atoms with Crippen LogP contribution in [-0.4, -0.2) is 30.6 Å². The van der Waals surface area contributed by atoms with Crippen LogP contribution in [0.15, 0.2) is 36.4 Å². The number of amides is 1. The summed E-state index contributed by atoms with van der Waals surface area (Å²) in [6, 6.07) is 10.1. The molecule has 0 aliphatic rings. The largest absolute Gasteiger partial charge is 0.493 e. The van der Waals surface area contributed by atoms with Gasteiger partial charge < -0.3 is 14.7 Å². The molecule has 2 aromatic carbocycles. The van der Waals surface area contributed by atoms with Gasteiger partial charge in [0.05, 0.1) is 12.2 Å². The smallest absolute Gasteiger partial charge is 0.335 e. The second-order valence-corrected chi connectivity index (χ2v) is 9.55. The Morgan fingerprint density at radius 2 is 1.37 bits per heavy atom. The first-order valence-electron chi connectivity index (χ1n) is 10.2. The van der Waals surface area contributed by atoms with Gasteiger partial charge in [0.2, 0.25) is 0 Å². The number of carboxylic acids is 1. The van der Waals surface area contributed by atoms with Crippen LogP contribution in [0.25, 0.3) is 0 Å². The monoisotopic (exact) mass is 411 g/mol. The van der Waals surface area contributed by atoms with Gasteiger partial charge in [0, 0.05) is 29.4 Å². The molecule has 0 saturated carbocycles. The summed E-state index contributed by atoms with van der Waals surface area (Å²) in [5.74, 6) is -0.300. The molecule has 1 amide bonds. The van der Waals surface area contributed by atoms with Gasteiger partial charge >= 0.3 is 5.97 Å². The van der Waals surface area contributed by atoms with Crippen LogP contribution in [0.3, 0.4) is 0 Å². The summed E-state index contributed by atoms with van der Waals surface area (Å²) in [6.07, 6.45) is 0. The number of anilines is 1. The molecule has 1 N–H and O–H groups in total. The van der Waals surface area contributed by atoms with Gasteiger partial charge in [-0.1, -0.05) is 41.5 Å². The van der Waals surface area contributed by atoms with Crippen LogP contribution in [-0.2, 0) is 10.8 Å². The van der Waals surface area contributed by atoms with E-state index >= 15 is 0 Å². The molecule has 5 heteroatoms. The van der Waals surface area contributed by atoms with E-state index in [1.54, 1.807) is 24.1 Å². The molecule has 0 fully saturated rings. The van der Waals surface area contributed by atoms with Gasteiger partial charge in [-0.2, -0.15) is 0 Å². The molecule has 2 aromatic rings. The van der Waals surface area contributed by atoms with E-state index in [4.69, 9.17) is 9.84 Å². The van der Waals surface area contributed by atoms with E-state index in [1.165, 1.54) is 12.1 Å². The first kappa shape index (κ1) is 23.5. The predicted octanol–water partition coefficient (Wildman–Crippen LogP) is 5.66. The third kappa shape index (κ3) is 5.02. The molecule has 0 aliphatic heterocycles. The van der Waals surface area contributed by atoms with Crippen molar-refractivity contribution in [1.82, 2.24) is 0 Å². The standard InChI is InChI=1S/C25H33NO4/c1-9-30-21-19(24(2,3)4)14-17(15-20(21)25(5,6)7)22(27)26(8)18-12-10-16(11-13-18)23(28)29/h10-15H,9H2,1-8H3,(H,28,29). The minimum atomic E-state index is -0.994.